The highest BCUT2D eigenvalue weighted by Crippen LogP contribution is 2.31. The average molecular weight is 290 g/mol. The zero-order chi connectivity index (χ0) is 14.9. The first-order valence-electron chi connectivity index (χ1n) is 8.64. The van der Waals surface area contributed by atoms with Gasteiger partial charge in [-0.2, -0.15) is 0 Å². The molecule has 1 atom stereocenters. The molecule has 0 saturated heterocycles. The maximum atomic E-state index is 5.59. The van der Waals surface area contributed by atoms with E-state index in [-0.39, 0.29) is 0 Å². The number of hydrogen-bond acceptors (Lipinski definition) is 3. The maximum Gasteiger partial charge on any atom is 0.137 e. The van der Waals surface area contributed by atoms with Crippen molar-refractivity contribution in [1.29, 1.82) is 0 Å². The zero-order valence-corrected chi connectivity index (χ0v) is 13.6. The molecule has 1 N–H and O–H groups in total. The van der Waals surface area contributed by atoms with Gasteiger partial charge >= 0.3 is 0 Å². The van der Waals surface area contributed by atoms with E-state index < -0.39 is 0 Å². The molecule has 21 heavy (non-hydrogen) atoms. The Morgan fingerprint density at radius 2 is 2.10 bits per heavy atom. The monoisotopic (exact) mass is 290 g/mol. The summed E-state index contributed by atoms with van der Waals surface area (Å²) in [4.78, 5) is 4.35. The summed E-state index contributed by atoms with van der Waals surface area (Å²) in [5.74, 6) is 1.83. The largest absolute Gasteiger partial charge is 0.492 e. The van der Waals surface area contributed by atoms with Crippen molar-refractivity contribution in [3.8, 4) is 5.75 Å². The number of rotatable bonds is 9. The van der Waals surface area contributed by atoms with Gasteiger partial charge in [-0.3, -0.25) is 4.98 Å². The molecule has 0 aliphatic heterocycles. The molecule has 1 aromatic rings. The van der Waals surface area contributed by atoms with E-state index in [9.17, 15) is 0 Å². The van der Waals surface area contributed by atoms with Crippen LogP contribution in [0, 0.1) is 5.92 Å². The van der Waals surface area contributed by atoms with E-state index in [4.69, 9.17) is 4.74 Å². The summed E-state index contributed by atoms with van der Waals surface area (Å²) in [6.45, 7) is 5.99. The summed E-state index contributed by atoms with van der Waals surface area (Å²) in [6, 6.07) is 2.57. The van der Waals surface area contributed by atoms with Crippen molar-refractivity contribution < 1.29 is 4.74 Å². The van der Waals surface area contributed by atoms with Gasteiger partial charge < -0.3 is 10.1 Å². The Bertz CT molecular complexity index is 402. The quantitative estimate of drug-likeness (QED) is 0.727. The maximum absolute atomic E-state index is 5.59. The molecule has 3 nitrogen and oxygen atoms in total. The lowest BCUT2D eigenvalue weighted by atomic mass is 9.95. The highest BCUT2D eigenvalue weighted by molar-refractivity contribution is 5.26. The second kappa shape index (κ2) is 9.04. The summed E-state index contributed by atoms with van der Waals surface area (Å²) in [7, 11) is 0. The van der Waals surface area contributed by atoms with E-state index in [0.717, 1.165) is 18.2 Å². The molecule has 0 aromatic carbocycles. The van der Waals surface area contributed by atoms with Crippen LogP contribution < -0.4 is 10.1 Å². The molecule has 1 fully saturated rings. The standard InChI is InChI=1S/C18H30N2O/c1-3-11-20-18(10-9-15-7-5-6-8-15)16-12-17(21-4-2)14-19-13-16/h12-15,18,20H,3-11H2,1-2H3. The smallest absolute Gasteiger partial charge is 0.137 e. The van der Waals surface area contributed by atoms with Crippen LogP contribution in [0.15, 0.2) is 18.5 Å². The van der Waals surface area contributed by atoms with Crippen molar-refractivity contribution in [2.24, 2.45) is 5.92 Å². The van der Waals surface area contributed by atoms with Gasteiger partial charge in [-0.1, -0.05) is 32.6 Å². The summed E-state index contributed by atoms with van der Waals surface area (Å²) in [5.41, 5.74) is 1.27. The van der Waals surface area contributed by atoms with Crippen LogP contribution in [0.4, 0.5) is 0 Å². The lowest BCUT2D eigenvalue weighted by Gasteiger charge is -2.21. The van der Waals surface area contributed by atoms with Crippen molar-refractivity contribution >= 4 is 0 Å². The highest BCUT2D eigenvalue weighted by atomic mass is 16.5. The van der Waals surface area contributed by atoms with E-state index >= 15 is 0 Å². The fraction of sp³-hybridized carbons (Fsp3) is 0.722. The number of nitrogens with one attached hydrogen (secondary N) is 1. The number of ether oxygens (including phenoxy) is 1. The third-order valence-electron chi connectivity index (χ3n) is 4.43. The first-order valence-corrected chi connectivity index (χ1v) is 8.64. The lowest BCUT2D eigenvalue weighted by Crippen LogP contribution is -2.23. The Labute approximate surface area is 129 Å². The fourth-order valence-electron chi connectivity index (χ4n) is 3.28. The number of aromatic nitrogens is 1. The summed E-state index contributed by atoms with van der Waals surface area (Å²) in [6.07, 6.45) is 13.2. The van der Waals surface area contributed by atoms with Crippen LogP contribution in [-0.4, -0.2) is 18.1 Å². The Hall–Kier alpha value is -1.09. The van der Waals surface area contributed by atoms with Crippen molar-refractivity contribution in [2.45, 2.75) is 64.8 Å². The fourth-order valence-corrected chi connectivity index (χ4v) is 3.28. The third-order valence-corrected chi connectivity index (χ3v) is 4.43. The van der Waals surface area contributed by atoms with Gasteiger partial charge in [0.2, 0.25) is 0 Å². The predicted octanol–water partition coefficient (Wildman–Crippen LogP) is 4.49. The Morgan fingerprint density at radius 1 is 1.29 bits per heavy atom. The van der Waals surface area contributed by atoms with Crippen LogP contribution in [0.5, 0.6) is 5.75 Å². The molecule has 118 valence electrons. The van der Waals surface area contributed by atoms with E-state index in [1.54, 1.807) is 6.20 Å². The predicted molar refractivity (Wildman–Crippen MR) is 87.6 cm³/mol. The molecule has 0 spiro atoms. The molecule has 1 saturated carbocycles. The first-order chi connectivity index (χ1) is 10.3. The highest BCUT2D eigenvalue weighted by Gasteiger charge is 2.18. The molecule has 1 aromatic heterocycles. The van der Waals surface area contributed by atoms with Crippen LogP contribution in [0.25, 0.3) is 0 Å². The number of pyridine rings is 1. The van der Waals surface area contributed by atoms with Gasteiger partial charge in [-0.15, -0.1) is 0 Å². The third kappa shape index (κ3) is 5.31. The topological polar surface area (TPSA) is 34.2 Å². The molecular weight excluding hydrogens is 260 g/mol. The van der Waals surface area contributed by atoms with Crippen LogP contribution in [0.2, 0.25) is 0 Å². The molecule has 1 aliphatic rings. The first kappa shape index (κ1) is 16.3. The van der Waals surface area contributed by atoms with Gasteiger partial charge in [0.05, 0.1) is 12.8 Å². The van der Waals surface area contributed by atoms with Crippen LogP contribution >= 0.6 is 0 Å². The van der Waals surface area contributed by atoms with Crippen molar-refractivity contribution in [3.05, 3.63) is 24.0 Å². The van der Waals surface area contributed by atoms with Gasteiger partial charge in [0.15, 0.2) is 0 Å². The molecule has 1 heterocycles. The summed E-state index contributed by atoms with van der Waals surface area (Å²) in [5, 5.41) is 3.68. The Kier molecular flexibility index (Phi) is 7.01. The van der Waals surface area contributed by atoms with E-state index in [0.29, 0.717) is 12.6 Å². The molecule has 1 aliphatic carbocycles. The van der Waals surface area contributed by atoms with Gasteiger partial charge in [-0.25, -0.2) is 0 Å². The Balaban J connectivity index is 1.97. The van der Waals surface area contributed by atoms with E-state index in [2.05, 4.69) is 23.3 Å². The molecule has 3 heteroatoms. The van der Waals surface area contributed by atoms with Crippen molar-refractivity contribution in [3.63, 3.8) is 0 Å². The zero-order valence-electron chi connectivity index (χ0n) is 13.6. The summed E-state index contributed by atoms with van der Waals surface area (Å²) < 4.78 is 5.59. The normalized spacial score (nSPS) is 17.0. The van der Waals surface area contributed by atoms with Crippen LogP contribution in [-0.2, 0) is 0 Å². The van der Waals surface area contributed by atoms with Gasteiger partial charge in [0.25, 0.3) is 0 Å². The molecule has 0 radical (unpaired) electrons. The SMILES string of the molecule is CCCNC(CCC1CCCC1)c1cncc(OCC)c1. The lowest BCUT2D eigenvalue weighted by molar-refractivity contribution is 0.337. The van der Waals surface area contributed by atoms with Crippen molar-refractivity contribution in [2.75, 3.05) is 13.2 Å². The Morgan fingerprint density at radius 3 is 2.81 bits per heavy atom. The van der Waals surface area contributed by atoms with Gasteiger partial charge in [0, 0.05) is 12.2 Å². The molecule has 1 unspecified atom stereocenters. The number of hydrogen-bond donors (Lipinski definition) is 1. The van der Waals surface area contributed by atoms with Crippen LogP contribution in [0.3, 0.4) is 0 Å². The molecule has 0 amide bonds. The minimum Gasteiger partial charge on any atom is -0.492 e. The van der Waals surface area contributed by atoms with Gasteiger partial charge in [-0.05, 0) is 50.3 Å². The minimum atomic E-state index is 0.415. The van der Waals surface area contributed by atoms with E-state index in [1.807, 2.05) is 13.1 Å². The van der Waals surface area contributed by atoms with Crippen LogP contribution in [0.1, 0.15) is 70.4 Å². The van der Waals surface area contributed by atoms with Gasteiger partial charge in [0.1, 0.15) is 5.75 Å². The molecule has 0 bridgehead atoms. The van der Waals surface area contributed by atoms with Crippen molar-refractivity contribution in [1.82, 2.24) is 10.3 Å². The van der Waals surface area contributed by atoms with E-state index in [1.165, 1.54) is 50.5 Å². The number of nitrogens with zero attached hydrogens (tertiary/aromatic N) is 1. The second-order valence-corrected chi connectivity index (χ2v) is 6.12. The average Bonchev–Trinajstić information content (AvgIpc) is 3.01. The molecule has 2 rings (SSSR count). The second-order valence-electron chi connectivity index (χ2n) is 6.12. The molecular formula is C18H30N2O. The summed E-state index contributed by atoms with van der Waals surface area (Å²) >= 11 is 0. The minimum absolute atomic E-state index is 0.415.